The van der Waals surface area contributed by atoms with Crippen molar-refractivity contribution in [3.8, 4) is 0 Å². The summed E-state index contributed by atoms with van der Waals surface area (Å²) in [6.07, 6.45) is 2.14. The first-order valence-corrected chi connectivity index (χ1v) is 8.10. The molecule has 0 saturated carbocycles. The van der Waals surface area contributed by atoms with Crippen molar-refractivity contribution in [2.75, 3.05) is 5.32 Å². The Morgan fingerprint density at radius 2 is 2.00 bits per heavy atom. The van der Waals surface area contributed by atoms with E-state index < -0.39 is 0 Å². The maximum absolute atomic E-state index is 6.21. The molecule has 1 nitrogen and oxygen atoms in total. The molecule has 1 unspecified atom stereocenters. The van der Waals surface area contributed by atoms with Crippen molar-refractivity contribution in [2.45, 2.75) is 25.8 Å². The van der Waals surface area contributed by atoms with Crippen molar-refractivity contribution < 1.29 is 0 Å². The lowest BCUT2D eigenvalue weighted by molar-refractivity contribution is 0.761. The topological polar surface area (TPSA) is 12.0 Å². The molecule has 0 saturated heterocycles. The average molecular weight is 371 g/mol. The molecule has 1 N–H and O–H groups in total. The van der Waals surface area contributed by atoms with Gasteiger partial charge < -0.3 is 5.32 Å². The molecular weight excluding hydrogens is 357 g/mol. The highest BCUT2D eigenvalue weighted by Gasteiger charge is 2.23. The molecule has 4 heteroatoms. The van der Waals surface area contributed by atoms with Crippen molar-refractivity contribution in [1.82, 2.24) is 0 Å². The number of fused-ring (bicyclic) bond motifs is 1. The molecule has 1 atom stereocenters. The standard InChI is InChI=1S/C16H14BrCl2N/c1-9-6-13(17)16(8-14(9)19)20-15-5-2-10-7-11(18)3-4-12(10)15/h3-4,6-8,15,20H,2,5H2,1H3. The maximum Gasteiger partial charge on any atom is 0.0520 e. The van der Waals surface area contributed by atoms with Crippen molar-refractivity contribution in [3.05, 3.63) is 61.5 Å². The smallest absolute Gasteiger partial charge is 0.0520 e. The molecule has 0 aromatic heterocycles. The summed E-state index contributed by atoms with van der Waals surface area (Å²) in [6.45, 7) is 2.00. The second-order valence-electron chi connectivity index (χ2n) is 5.16. The van der Waals surface area contributed by atoms with Crippen LogP contribution >= 0.6 is 39.1 Å². The van der Waals surface area contributed by atoms with Crippen LogP contribution in [0.15, 0.2) is 34.8 Å². The Hall–Kier alpha value is -0.700. The normalized spacial score (nSPS) is 17.1. The molecule has 3 rings (SSSR count). The largest absolute Gasteiger partial charge is 0.377 e. The van der Waals surface area contributed by atoms with E-state index in [0.717, 1.165) is 38.6 Å². The van der Waals surface area contributed by atoms with Crippen LogP contribution in [0.5, 0.6) is 0 Å². The second kappa shape index (κ2) is 5.59. The van der Waals surface area contributed by atoms with Gasteiger partial charge in [0.2, 0.25) is 0 Å². The van der Waals surface area contributed by atoms with Gasteiger partial charge in [-0.3, -0.25) is 0 Å². The van der Waals surface area contributed by atoms with Crippen LogP contribution in [-0.4, -0.2) is 0 Å². The summed E-state index contributed by atoms with van der Waals surface area (Å²) in [5.74, 6) is 0. The number of halogens is 3. The third-order valence-electron chi connectivity index (χ3n) is 3.76. The van der Waals surface area contributed by atoms with Crippen LogP contribution in [0.3, 0.4) is 0 Å². The lowest BCUT2D eigenvalue weighted by Crippen LogP contribution is -2.07. The Balaban J connectivity index is 1.89. The van der Waals surface area contributed by atoms with Crippen LogP contribution in [0.1, 0.15) is 29.2 Å². The highest BCUT2D eigenvalue weighted by atomic mass is 79.9. The predicted molar refractivity (Wildman–Crippen MR) is 90.0 cm³/mol. The van der Waals surface area contributed by atoms with E-state index in [4.69, 9.17) is 23.2 Å². The number of anilines is 1. The predicted octanol–water partition coefficient (Wildman–Crippen LogP) is 6.16. The Bertz CT molecular complexity index is 670. The quantitative estimate of drug-likeness (QED) is 0.666. The molecule has 2 aromatic rings. The van der Waals surface area contributed by atoms with E-state index in [1.54, 1.807) is 0 Å². The van der Waals surface area contributed by atoms with Crippen molar-refractivity contribution in [2.24, 2.45) is 0 Å². The van der Waals surface area contributed by atoms with Gasteiger partial charge in [-0.25, -0.2) is 0 Å². The van der Waals surface area contributed by atoms with Crippen LogP contribution in [-0.2, 0) is 6.42 Å². The highest BCUT2D eigenvalue weighted by molar-refractivity contribution is 9.10. The molecule has 2 aromatic carbocycles. The second-order valence-corrected chi connectivity index (χ2v) is 6.86. The summed E-state index contributed by atoms with van der Waals surface area (Å²) in [5.41, 5.74) is 4.78. The minimum Gasteiger partial charge on any atom is -0.377 e. The molecule has 0 radical (unpaired) electrons. The fraction of sp³-hybridized carbons (Fsp3) is 0.250. The van der Waals surface area contributed by atoms with Gasteiger partial charge in [-0.05, 0) is 76.7 Å². The van der Waals surface area contributed by atoms with Gasteiger partial charge in [0, 0.05) is 14.5 Å². The van der Waals surface area contributed by atoms with Crippen LogP contribution in [0.2, 0.25) is 10.0 Å². The molecule has 20 heavy (non-hydrogen) atoms. The van der Waals surface area contributed by atoms with E-state index in [-0.39, 0.29) is 0 Å². The minimum absolute atomic E-state index is 0.317. The highest BCUT2D eigenvalue weighted by Crippen LogP contribution is 2.38. The van der Waals surface area contributed by atoms with E-state index in [2.05, 4.69) is 33.4 Å². The Morgan fingerprint density at radius 1 is 1.20 bits per heavy atom. The van der Waals surface area contributed by atoms with Gasteiger partial charge in [0.1, 0.15) is 0 Å². The van der Waals surface area contributed by atoms with E-state index in [9.17, 15) is 0 Å². The molecule has 1 aliphatic carbocycles. The molecule has 1 aliphatic rings. The van der Waals surface area contributed by atoms with Gasteiger partial charge in [-0.1, -0.05) is 29.3 Å². The molecule has 0 heterocycles. The first kappa shape index (κ1) is 14.2. The number of rotatable bonds is 2. The van der Waals surface area contributed by atoms with Gasteiger partial charge in [0.05, 0.1) is 11.7 Å². The molecule has 0 bridgehead atoms. The SMILES string of the molecule is Cc1cc(Br)c(NC2CCc3cc(Cl)ccc32)cc1Cl. The Kier molecular flexibility index (Phi) is 3.98. The summed E-state index contributed by atoms with van der Waals surface area (Å²) in [6, 6.07) is 10.5. The first-order chi connectivity index (χ1) is 9.54. The number of hydrogen-bond donors (Lipinski definition) is 1. The third kappa shape index (κ3) is 2.69. The molecule has 0 fully saturated rings. The van der Waals surface area contributed by atoms with Gasteiger partial charge in [0.25, 0.3) is 0 Å². The number of benzene rings is 2. The summed E-state index contributed by atoms with van der Waals surface area (Å²) < 4.78 is 1.04. The summed E-state index contributed by atoms with van der Waals surface area (Å²) in [7, 11) is 0. The van der Waals surface area contributed by atoms with Gasteiger partial charge in [0.15, 0.2) is 0 Å². The van der Waals surface area contributed by atoms with Crippen LogP contribution in [0.4, 0.5) is 5.69 Å². The van der Waals surface area contributed by atoms with Crippen LogP contribution in [0.25, 0.3) is 0 Å². The monoisotopic (exact) mass is 369 g/mol. The molecular formula is C16H14BrCl2N. The zero-order valence-corrected chi connectivity index (χ0v) is 14.1. The Morgan fingerprint density at radius 3 is 2.80 bits per heavy atom. The number of hydrogen-bond acceptors (Lipinski definition) is 1. The molecule has 0 spiro atoms. The lowest BCUT2D eigenvalue weighted by atomic mass is 10.1. The maximum atomic E-state index is 6.21. The van der Waals surface area contributed by atoms with Crippen LogP contribution in [0, 0.1) is 6.92 Å². The molecule has 104 valence electrons. The summed E-state index contributed by atoms with van der Waals surface area (Å²) in [5, 5.41) is 5.17. The zero-order chi connectivity index (χ0) is 14.3. The van der Waals surface area contributed by atoms with E-state index in [1.165, 1.54) is 11.1 Å². The Labute approximate surface area is 137 Å². The number of nitrogens with one attached hydrogen (secondary N) is 1. The van der Waals surface area contributed by atoms with Gasteiger partial charge in [-0.15, -0.1) is 0 Å². The van der Waals surface area contributed by atoms with Crippen molar-refractivity contribution >= 4 is 44.8 Å². The first-order valence-electron chi connectivity index (χ1n) is 6.55. The van der Waals surface area contributed by atoms with Crippen molar-refractivity contribution in [1.29, 1.82) is 0 Å². The number of aryl methyl sites for hydroxylation is 2. The summed E-state index contributed by atoms with van der Waals surface area (Å²) >= 11 is 15.9. The molecule has 0 amide bonds. The van der Waals surface area contributed by atoms with Gasteiger partial charge >= 0.3 is 0 Å². The van der Waals surface area contributed by atoms with Crippen LogP contribution < -0.4 is 5.32 Å². The minimum atomic E-state index is 0.317. The summed E-state index contributed by atoms with van der Waals surface area (Å²) in [4.78, 5) is 0. The lowest BCUT2D eigenvalue weighted by Gasteiger charge is -2.18. The average Bonchev–Trinajstić information content (AvgIpc) is 2.78. The van der Waals surface area contributed by atoms with E-state index in [0.29, 0.717) is 6.04 Å². The van der Waals surface area contributed by atoms with Crippen molar-refractivity contribution in [3.63, 3.8) is 0 Å². The fourth-order valence-corrected chi connectivity index (χ4v) is 3.61. The molecule has 0 aliphatic heterocycles. The van der Waals surface area contributed by atoms with Gasteiger partial charge in [-0.2, -0.15) is 0 Å². The van der Waals surface area contributed by atoms with E-state index >= 15 is 0 Å². The third-order valence-corrected chi connectivity index (χ3v) is 5.06. The zero-order valence-electron chi connectivity index (χ0n) is 11.0. The van der Waals surface area contributed by atoms with E-state index in [1.807, 2.05) is 25.1 Å². The fourth-order valence-electron chi connectivity index (χ4n) is 2.68.